The topological polar surface area (TPSA) is 56.8 Å². The van der Waals surface area contributed by atoms with Crippen molar-refractivity contribution in [2.45, 2.75) is 38.0 Å². The lowest BCUT2D eigenvalue weighted by molar-refractivity contribution is -0.136. The maximum atomic E-state index is 14.2. The normalized spacial score (nSPS) is 18.0. The molecule has 3 amide bonds. The maximum absolute atomic E-state index is 14.2. The summed E-state index contributed by atoms with van der Waals surface area (Å²) >= 11 is 0. The fourth-order valence-electron chi connectivity index (χ4n) is 5.03. The Balaban J connectivity index is 1.39. The Kier molecular flexibility index (Phi) is 6.30. The van der Waals surface area contributed by atoms with Gasteiger partial charge >= 0.3 is 6.03 Å². The van der Waals surface area contributed by atoms with E-state index in [0.29, 0.717) is 38.2 Å². The Morgan fingerprint density at radius 1 is 0.800 bits per heavy atom. The Labute approximate surface area is 202 Å². The van der Waals surface area contributed by atoms with E-state index >= 15 is 0 Å². The number of aromatic nitrogens is 1. The molecule has 3 aromatic rings. The van der Waals surface area contributed by atoms with Crippen LogP contribution in [0, 0.1) is 11.6 Å². The number of benzene rings is 2. The van der Waals surface area contributed by atoms with E-state index in [0.717, 1.165) is 5.56 Å². The number of piperidine rings is 1. The molecule has 6 nitrogen and oxygen atoms in total. The van der Waals surface area contributed by atoms with Crippen LogP contribution < -0.4 is 0 Å². The Hall–Kier alpha value is -3.65. The molecule has 2 aliphatic rings. The van der Waals surface area contributed by atoms with Crippen LogP contribution in [0.3, 0.4) is 0 Å². The summed E-state index contributed by atoms with van der Waals surface area (Å²) in [5.74, 6) is -1.39. The molecule has 1 spiro atoms. The lowest BCUT2D eigenvalue weighted by Crippen LogP contribution is -2.56. The van der Waals surface area contributed by atoms with E-state index in [9.17, 15) is 18.4 Å². The molecule has 0 radical (unpaired) electrons. The lowest BCUT2D eigenvalue weighted by atomic mass is 9.85. The van der Waals surface area contributed by atoms with Crippen LogP contribution in [0.15, 0.2) is 72.9 Å². The van der Waals surface area contributed by atoms with Gasteiger partial charge in [-0.05, 0) is 42.7 Å². The molecule has 0 bridgehead atoms. The van der Waals surface area contributed by atoms with Gasteiger partial charge in [-0.3, -0.25) is 19.6 Å². The summed E-state index contributed by atoms with van der Waals surface area (Å²) in [5.41, 5.74) is 0.601. The highest BCUT2D eigenvalue weighted by molar-refractivity contribution is 6.07. The van der Waals surface area contributed by atoms with E-state index in [-0.39, 0.29) is 30.6 Å². The standard InChI is InChI=1S/C27H26F2N4O2/c28-23-10-6-11-24(29)22(23)19-31-15-12-27(13-16-31)25(34)32(18-21-9-4-5-14-30-21)26(35)33(27)17-20-7-2-1-3-8-20/h1-11,14H,12-13,15-19H2. The highest BCUT2D eigenvalue weighted by Crippen LogP contribution is 2.39. The van der Waals surface area contributed by atoms with Gasteiger partial charge in [-0.1, -0.05) is 42.5 Å². The number of carbonyl (C=O) groups excluding carboxylic acids is 2. The third kappa shape index (κ3) is 4.41. The van der Waals surface area contributed by atoms with Crippen molar-refractivity contribution in [3.05, 3.63) is 101 Å². The summed E-state index contributed by atoms with van der Waals surface area (Å²) in [7, 11) is 0. The summed E-state index contributed by atoms with van der Waals surface area (Å²) in [5, 5.41) is 0. The Morgan fingerprint density at radius 2 is 1.49 bits per heavy atom. The van der Waals surface area contributed by atoms with Gasteiger partial charge in [0.2, 0.25) is 0 Å². The molecule has 2 aliphatic heterocycles. The largest absolute Gasteiger partial charge is 0.328 e. The van der Waals surface area contributed by atoms with Crippen LogP contribution >= 0.6 is 0 Å². The number of carbonyl (C=O) groups is 2. The zero-order valence-electron chi connectivity index (χ0n) is 19.2. The van der Waals surface area contributed by atoms with Gasteiger partial charge in [-0.2, -0.15) is 0 Å². The van der Waals surface area contributed by atoms with Crippen molar-refractivity contribution in [3.8, 4) is 0 Å². The van der Waals surface area contributed by atoms with Crippen LogP contribution in [-0.2, 0) is 24.4 Å². The molecule has 0 N–H and O–H groups in total. The summed E-state index contributed by atoms with van der Waals surface area (Å²) in [6, 6.07) is 18.5. The molecule has 0 unspecified atom stereocenters. The second-order valence-electron chi connectivity index (χ2n) is 9.07. The molecular weight excluding hydrogens is 450 g/mol. The average molecular weight is 477 g/mol. The van der Waals surface area contributed by atoms with E-state index in [1.807, 2.05) is 41.3 Å². The van der Waals surface area contributed by atoms with Crippen LogP contribution in [0.5, 0.6) is 0 Å². The van der Waals surface area contributed by atoms with E-state index < -0.39 is 17.2 Å². The van der Waals surface area contributed by atoms with Crippen LogP contribution in [0.25, 0.3) is 0 Å². The molecule has 0 aliphatic carbocycles. The van der Waals surface area contributed by atoms with E-state index in [1.54, 1.807) is 23.2 Å². The molecule has 35 heavy (non-hydrogen) atoms. The number of pyridine rings is 1. The molecule has 180 valence electrons. The second kappa shape index (κ2) is 9.54. The van der Waals surface area contributed by atoms with Gasteiger partial charge in [0.15, 0.2) is 0 Å². The third-order valence-corrected chi connectivity index (χ3v) is 6.98. The van der Waals surface area contributed by atoms with Crippen molar-refractivity contribution in [1.82, 2.24) is 19.7 Å². The number of hydrogen-bond acceptors (Lipinski definition) is 4. The summed E-state index contributed by atoms with van der Waals surface area (Å²) in [6.45, 7) is 1.42. The third-order valence-electron chi connectivity index (χ3n) is 6.98. The van der Waals surface area contributed by atoms with Crippen LogP contribution in [0.4, 0.5) is 13.6 Å². The first-order chi connectivity index (χ1) is 17.0. The molecule has 3 heterocycles. The van der Waals surface area contributed by atoms with Gasteiger partial charge in [0.05, 0.1) is 12.2 Å². The number of urea groups is 1. The Morgan fingerprint density at radius 3 is 2.14 bits per heavy atom. The number of imide groups is 1. The maximum Gasteiger partial charge on any atom is 0.328 e. The smallest absolute Gasteiger partial charge is 0.305 e. The minimum Gasteiger partial charge on any atom is -0.305 e. The first kappa shape index (κ1) is 23.1. The Bertz CT molecular complexity index is 1190. The van der Waals surface area contributed by atoms with Crippen molar-refractivity contribution < 1.29 is 18.4 Å². The van der Waals surface area contributed by atoms with Gasteiger partial charge < -0.3 is 4.90 Å². The fourth-order valence-corrected chi connectivity index (χ4v) is 5.03. The minimum atomic E-state index is -0.994. The number of halogens is 2. The van der Waals surface area contributed by atoms with Crippen LogP contribution in [-0.4, -0.2) is 50.3 Å². The van der Waals surface area contributed by atoms with Gasteiger partial charge in [0.25, 0.3) is 5.91 Å². The fraction of sp³-hybridized carbons (Fsp3) is 0.296. The predicted octanol–water partition coefficient (Wildman–Crippen LogP) is 4.36. The number of rotatable bonds is 6. The quantitative estimate of drug-likeness (QED) is 0.496. The first-order valence-electron chi connectivity index (χ1n) is 11.7. The van der Waals surface area contributed by atoms with Crippen molar-refractivity contribution in [2.24, 2.45) is 0 Å². The molecule has 0 saturated carbocycles. The van der Waals surface area contributed by atoms with Gasteiger partial charge in [0.1, 0.15) is 17.2 Å². The molecule has 2 aromatic carbocycles. The lowest BCUT2D eigenvalue weighted by Gasteiger charge is -2.42. The number of amides is 3. The van der Waals surface area contributed by atoms with Crippen molar-refractivity contribution >= 4 is 11.9 Å². The van der Waals surface area contributed by atoms with Gasteiger partial charge in [-0.15, -0.1) is 0 Å². The van der Waals surface area contributed by atoms with E-state index in [4.69, 9.17) is 0 Å². The molecule has 1 aromatic heterocycles. The van der Waals surface area contributed by atoms with Crippen LogP contribution in [0.2, 0.25) is 0 Å². The molecule has 2 fully saturated rings. The zero-order valence-corrected chi connectivity index (χ0v) is 19.2. The van der Waals surface area contributed by atoms with E-state index in [1.165, 1.54) is 23.1 Å². The molecule has 8 heteroatoms. The SMILES string of the molecule is O=C1N(Cc2ccccn2)C(=O)C2(CCN(Cc3c(F)cccc3F)CC2)N1Cc1ccccc1. The number of likely N-dealkylation sites (tertiary alicyclic amines) is 1. The summed E-state index contributed by atoms with van der Waals surface area (Å²) < 4.78 is 28.4. The number of hydrogen-bond donors (Lipinski definition) is 0. The highest BCUT2D eigenvalue weighted by Gasteiger charge is 2.57. The monoisotopic (exact) mass is 476 g/mol. The second-order valence-corrected chi connectivity index (χ2v) is 9.07. The molecule has 5 rings (SSSR count). The molecule has 2 saturated heterocycles. The average Bonchev–Trinajstić information content (AvgIpc) is 3.05. The van der Waals surface area contributed by atoms with Crippen LogP contribution in [0.1, 0.15) is 29.7 Å². The zero-order chi connectivity index (χ0) is 24.4. The van der Waals surface area contributed by atoms with Gasteiger partial charge in [0, 0.05) is 37.9 Å². The minimum absolute atomic E-state index is 0.0233. The molecule has 0 atom stereocenters. The first-order valence-corrected chi connectivity index (χ1v) is 11.7. The predicted molar refractivity (Wildman–Crippen MR) is 126 cm³/mol. The van der Waals surface area contributed by atoms with Crippen molar-refractivity contribution in [3.63, 3.8) is 0 Å². The highest BCUT2D eigenvalue weighted by atomic mass is 19.1. The summed E-state index contributed by atoms with van der Waals surface area (Å²) in [4.78, 5) is 36.5. The number of nitrogens with zero attached hydrogens (tertiary/aromatic N) is 4. The van der Waals surface area contributed by atoms with Crippen molar-refractivity contribution in [2.75, 3.05) is 13.1 Å². The van der Waals surface area contributed by atoms with Gasteiger partial charge in [-0.25, -0.2) is 13.6 Å². The summed E-state index contributed by atoms with van der Waals surface area (Å²) in [6.07, 6.45) is 2.41. The van der Waals surface area contributed by atoms with E-state index in [2.05, 4.69) is 4.98 Å². The van der Waals surface area contributed by atoms with Crippen molar-refractivity contribution in [1.29, 1.82) is 0 Å². The molecular formula is C27H26F2N4O2.